The maximum atomic E-state index is 11.3. The number of carbonyl (C=O) groups excluding carboxylic acids is 2. The van der Waals surface area contributed by atoms with Gasteiger partial charge in [-0.25, -0.2) is 9.59 Å². The topological polar surface area (TPSA) is 86.9 Å². The van der Waals surface area contributed by atoms with Crippen LogP contribution in [-0.2, 0) is 33.6 Å². The molecule has 1 rings (SSSR count). The molecule has 0 bridgehead atoms. The molecule has 1 heterocycles. The van der Waals surface area contributed by atoms with Gasteiger partial charge in [-0.3, -0.25) is 0 Å². The van der Waals surface area contributed by atoms with Crippen molar-refractivity contribution < 1.29 is 33.6 Å². The van der Waals surface area contributed by atoms with Gasteiger partial charge in [0.25, 0.3) is 0 Å². The van der Waals surface area contributed by atoms with Gasteiger partial charge in [0, 0.05) is 18.8 Å². The Hall–Kier alpha value is -1.96. The van der Waals surface area contributed by atoms with Crippen LogP contribution in [0.3, 0.4) is 0 Å². The highest BCUT2D eigenvalue weighted by atomic mass is 17.4. The van der Waals surface area contributed by atoms with Crippen LogP contribution in [0, 0.1) is 0 Å². The number of methoxy groups -OCH3 is 3. The molecule has 0 aliphatic carbocycles. The number of ether oxygens (including phenoxy) is 3. The summed E-state index contributed by atoms with van der Waals surface area (Å²) in [4.78, 5) is 31.7. The molecule has 7 heteroatoms. The Bertz CT molecular complexity index is 443. The van der Waals surface area contributed by atoms with Crippen molar-refractivity contribution in [1.82, 2.24) is 0 Å². The molecule has 0 aromatic carbocycles. The Morgan fingerprint density at radius 2 is 1.74 bits per heavy atom. The van der Waals surface area contributed by atoms with E-state index in [1.54, 1.807) is 0 Å². The predicted molar refractivity (Wildman–Crippen MR) is 62.3 cm³/mol. The summed E-state index contributed by atoms with van der Waals surface area (Å²) in [7, 11) is 3.80. The normalized spacial score (nSPS) is 17.1. The minimum absolute atomic E-state index is 0.0440. The first-order valence-electron chi connectivity index (χ1n) is 5.16. The van der Waals surface area contributed by atoms with E-state index < -0.39 is 17.9 Å². The highest BCUT2D eigenvalue weighted by Crippen LogP contribution is 2.39. The average Bonchev–Trinajstić information content (AvgIpc) is 3.22. The minimum atomic E-state index is -1.44. The Labute approximate surface area is 109 Å². The lowest BCUT2D eigenvalue weighted by Gasteiger charge is -2.07. The molecule has 1 aliphatic heterocycles. The predicted octanol–water partition coefficient (Wildman–Crippen LogP) is 0.633. The van der Waals surface area contributed by atoms with Crippen LogP contribution in [0.1, 0.15) is 0 Å². The Balaban J connectivity index is 2.97. The Kier molecular flexibility index (Phi) is 4.99. The fourth-order valence-corrected chi connectivity index (χ4v) is 1.16. The monoisotopic (exact) mass is 270 g/mol. The van der Waals surface area contributed by atoms with Gasteiger partial charge in [-0.15, -0.1) is 0 Å². The van der Waals surface area contributed by atoms with Crippen molar-refractivity contribution in [2.45, 2.75) is 5.97 Å². The third-order valence-electron chi connectivity index (χ3n) is 2.23. The van der Waals surface area contributed by atoms with E-state index in [-0.39, 0.29) is 11.1 Å². The van der Waals surface area contributed by atoms with Gasteiger partial charge in [0.15, 0.2) is 0 Å². The molecule has 0 aromatic heterocycles. The fraction of sp³-hybridized carbons (Fsp3) is 0.333. The molecule has 1 saturated heterocycles. The second-order valence-electron chi connectivity index (χ2n) is 3.40. The quantitative estimate of drug-likeness (QED) is 0.230. The highest BCUT2D eigenvalue weighted by Gasteiger charge is 2.53. The summed E-state index contributed by atoms with van der Waals surface area (Å²) in [6.07, 6.45) is 3.78. The smallest absolute Gasteiger partial charge is 0.367 e. The van der Waals surface area contributed by atoms with Crippen LogP contribution in [0.25, 0.3) is 0 Å². The largest absolute Gasteiger partial charge is 0.466 e. The van der Waals surface area contributed by atoms with Gasteiger partial charge in [0.1, 0.15) is 0 Å². The maximum Gasteiger partial charge on any atom is 0.367 e. The van der Waals surface area contributed by atoms with E-state index in [1.807, 2.05) is 0 Å². The lowest BCUT2D eigenvalue weighted by molar-refractivity contribution is -0.136. The van der Waals surface area contributed by atoms with E-state index in [9.17, 15) is 9.59 Å². The Morgan fingerprint density at radius 3 is 2.16 bits per heavy atom. The van der Waals surface area contributed by atoms with Crippen LogP contribution >= 0.6 is 0 Å². The fourth-order valence-electron chi connectivity index (χ4n) is 1.16. The number of hydrogen-bond donors (Lipinski definition) is 0. The summed E-state index contributed by atoms with van der Waals surface area (Å²) >= 11 is 0. The third kappa shape index (κ3) is 3.75. The molecule has 1 fully saturated rings. The molecule has 0 radical (unpaired) electrons. The maximum absolute atomic E-state index is 11.3. The summed E-state index contributed by atoms with van der Waals surface area (Å²) in [5.74, 6) is -2.65. The van der Waals surface area contributed by atoms with Crippen molar-refractivity contribution in [2.75, 3.05) is 21.3 Å². The first kappa shape index (κ1) is 15.1. The highest BCUT2D eigenvalue weighted by molar-refractivity contribution is 5.91. The van der Waals surface area contributed by atoms with Crippen LogP contribution in [-0.4, -0.2) is 39.2 Å². The van der Waals surface area contributed by atoms with Crippen molar-refractivity contribution in [3.05, 3.63) is 36.0 Å². The van der Waals surface area contributed by atoms with E-state index in [0.29, 0.717) is 0 Å². The minimum Gasteiger partial charge on any atom is -0.466 e. The summed E-state index contributed by atoms with van der Waals surface area (Å²) < 4.78 is 13.9. The molecular formula is C12H14O7. The molecule has 0 N–H and O–H groups in total. The molecular weight excluding hydrogens is 256 g/mol. The molecule has 0 atom stereocenters. The second-order valence-corrected chi connectivity index (χ2v) is 3.40. The summed E-state index contributed by atoms with van der Waals surface area (Å²) in [5.41, 5.74) is 0.304. The van der Waals surface area contributed by atoms with Crippen LogP contribution < -0.4 is 0 Å². The zero-order valence-electron chi connectivity index (χ0n) is 10.8. The third-order valence-corrected chi connectivity index (χ3v) is 2.23. The molecule has 7 nitrogen and oxygen atoms in total. The molecule has 0 saturated carbocycles. The molecule has 0 amide bonds. The number of esters is 2. The van der Waals surface area contributed by atoms with Gasteiger partial charge in [0.2, 0.25) is 0 Å². The van der Waals surface area contributed by atoms with E-state index in [1.165, 1.54) is 33.5 Å². The van der Waals surface area contributed by atoms with Crippen LogP contribution in [0.2, 0.25) is 0 Å². The van der Waals surface area contributed by atoms with Gasteiger partial charge in [-0.05, 0) is 12.2 Å². The van der Waals surface area contributed by atoms with E-state index in [2.05, 4.69) is 16.1 Å². The van der Waals surface area contributed by atoms with E-state index in [0.717, 1.165) is 6.08 Å². The summed E-state index contributed by atoms with van der Waals surface area (Å²) in [6, 6.07) is 0. The lowest BCUT2D eigenvalue weighted by Crippen LogP contribution is -2.17. The zero-order valence-corrected chi connectivity index (χ0v) is 10.8. The van der Waals surface area contributed by atoms with Crippen LogP contribution in [0.4, 0.5) is 0 Å². The Morgan fingerprint density at radius 1 is 1.11 bits per heavy atom. The van der Waals surface area contributed by atoms with Gasteiger partial charge < -0.3 is 14.2 Å². The van der Waals surface area contributed by atoms with Crippen molar-refractivity contribution in [2.24, 2.45) is 0 Å². The van der Waals surface area contributed by atoms with E-state index >= 15 is 0 Å². The number of carbonyl (C=O) groups is 2. The summed E-state index contributed by atoms with van der Waals surface area (Å²) in [6.45, 7) is 3.52. The first-order chi connectivity index (χ1) is 8.99. The first-order valence-corrected chi connectivity index (χ1v) is 5.16. The number of rotatable bonds is 6. The SMILES string of the molecule is C=C(/C=C(\C=CC(=O)OC)C1(OC)OO1)C(=O)OC. The molecule has 104 valence electrons. The van der Waals surface area contributed by atoms with E-state index in [4.69, 9.17) is 14.5 Å². The zero-order chi connectivity index (χ0) is 14.5. The summed E-state index contributed by atoms with van der Waals surface area (Å²) in [5, 5.41) is 0. The van der Waals surface area contributed by atoms with Crippen molar-refractivity contribution >= 4 is 11.9 Å². The van der Waals surface area contributed by atoms with Gasteiger partial charge in [-0.1, -0.05) is 6.58 Å². The second kappa shape index (κ2) is 6.28. The molecule has 19 heavy (non-hydrogen) atoms. The van der Waals surface area contributed by atoms with Gasteiger partial charge in [0.05, 0.1) is 19.8 Å². The molecule has 0 aromatic rings. The van der Waals surface area contributed by atoms with Crippen molar-refractivity contribution in [1.29, 1.82) is 0 Å². The lowest BCUT2D eigenvalue weighted by atomic mass is 10.1. The standard InChI is InChI=1S/C12H14O7/c1-8(11(14)16-3)7-9(5-6-10(13)15-2)12(17-4)18-19-12/h5-7H,1H2,2-4H3/b6-5?,9-7+. The van der Waals surface area contributed by atoms with Crippen molar-refractivity contribution in [3.8, 4) is 0 Å². The van der Waals surface area contributed by atoms with Gasteiger partial charge in [-0.2, -0.15) is 9.78 Å². The number of hydrogen-bond acceptors (Lipinski definition) is 7. The van der Waals surface area contributed by atoms with Crippen LogP contribution in [0.5, 0.6) is 0 Å². The average molecular weight is 270 g/mol. The molecule has 0 unspecified atom stereocenters. The molecule has 0 spiro atoms. The molecule has 1 aliphatic rings. The van der Waals surface area contributed by atoms with Crippen LogP contribution in [0.15, 0.2) is 36.0 Å². The van der Waals surface area contributed by atoms with Crippen molar-refractivity contribution in [3.63, 3.8) is 0 Å². The van der Waals surface area contributed by atoms with Gasteiger partial charge >= 0.3 is 17.9 Å².